The second-order valence-electron chi connectivity index (χ2n) is 3.63. The van der Waals surface area contributed by atoms with E-state index >= 15 is 0 Å². The minimum Gasteiger partial charge on any atom is -0.395 e. The van der Waals surface area contributed by atoms with Gasteiger partial charge in [-0.1, -0.05) is 12.1 Å². The standard InChI is InChI=1S/C12H20N2O2/c1-13-10-11-3-2-4-12(9-11)14(5-7-15)6-8-16/h2-4,9,13,15-16H,5-8,10H2,1H3. The van der Waals surface area contributed by atoms with Crippen LogP contribution in [0.2, 0.25) is 0 Å². The Hall–Kier alpha value is -1.10. The second kappa shape index (κ2) is 7.22. The number of hydrogen-bond donors (Lipinski definition) is 3. The zero-order valence-electron chi connectivity index (χ0n) is 9.69. The zero-order valence-corrected chi connectivity index (χ0v) is 9.69. The maximum atomic E-state index is 8.96. The smallest absolute Gasteiger partial charge is 0.0606 e. The van der Waals surface area contributed by atoms with Crippen molar-refractivity contribution in [2.24, 2.45) is 0 Å². The first-order valence-electron chi connectivity index (χ1n) is 5.52. The van der Waals surface area contributed by atoms with Gasteiger partial charge in [-0.2, -0.15) is 0 Å². The lowest BCUT2D eigenvalue weighted by atomic mass is 10.2. The zero-order chi connectivity index (χ0) is 11.8. The van der Waals surface area contributed by atoms with Gasteiger partial charge in [0, 0.05) is 25.3 Å². The lowest BCUT2D eigenvalue weighted by Gasteiger charge is -2.23. The molecule has 0 saturated carbocycles. The molecule has 0 saturated heterocycles. The summed E-state index contributed by atoms with van der Waals surface area (Å²) < 4.78 is 0. The first kappa shape index (κ1) is 13.0. The highest BCUT2D eigenvalue weighted by molar-refractivity contribution is 5.48. The first-order chi connectivity index (χ1) is 7.81. The fourth-order valence-electron chi connectivity index (χ4n) is 1.68. The van der Waals surface area contributed by atoms with E-state index in [-0.39, 0.29) is 13.2 Å². The number of benzene rings is 1. The molecule has 0 unspecified atom stereocenters. The van der Waals surface area contributed by atoms with E-state index < -0.39 is 0 Å². The van der Waals surface area contributed by atoms with Gasteiger partial charge in [0.1, 0.15) is 0 Å². The van der Waals surface area contributed by atoms with Crippen molar-refractivity contribution < 1.29 is 10.2 Å². The number of aliphatic hydroxyl groups excluding tert-OH is 2. The number of nitrogens with one attached hydrogen (secondary N) is 1. The van der Waals surface area contributed by atoms with Gasteiger partial charge in [-0.15, -0.1) is 0 Å². The fourth-order valence-corrected chi connectivity index (χ4v) is 1.68. The number of hydrogen-bond acceptors (Lipinski definition) is 4. The summed E-state index contributed by atoms with van der Waals surface area (Å²) in [4.78, 5) is 1.97. The third-order valence-electron chi connectivity index (χ3n) is 2.40. The fraction of sp³-hybridized carbons (Fsp3) is 0.500. The lowest BCUT2D eigenvalue weighted by molar-refractivity contribution is 0.281. The van der Waals surface area contributed by atoms with Crippen molar-refractivity contribution in [1.82, 2.24) is 5.32 Å². The molecule has 1 rings (SSSR count). The molecule has 0 aliphatic carbocycles. The summed E-state index contributed by atoms with van der Waals surface area (Å²) in [6.07, 6.45) is 0. The average Bonchev–Trinajstić information content (AvgIpc) is 2.30. The molecule has 0 aliphatic heterocycles. The van der Waals surface area contributed by atoms with E-state index in [0.717, 1.165) is 12.2 Å². The van der Waals surface area contributed by atoms with Crippen LogP contribution in [0.5, 0.6) is 0 Å². The molecule has 90 valence electrons. The molecule has 0 spiro atoms. The van der Waals surface area contributed by atoms with Crippen LogP contribution in [-0.4, -0.2) is 43.6 Å². The third-order valence-corrected chi connectivity index (χ3v) is 2.40. The number of anilines is 1. The molecule has 1 aromatic carbocycles. The molecule has 0 aromatic heterocycles. The number of rotatable bonds is 7. The Balaban J connectivity index is 2.77. The van der Waals surface area contributed by atoms with Crippen molar-refractivity contribution in [2.45, 2.75) is 6.54 Å². The second-order valence-corrected chi connectivity index (χ2v) is 3.63. The van der Waals surface area contributed by atoms with E-state index in [0.29, 0.717) is 13.1 Å². The summed E-state index contributed by atoms with van der Waals surface area (Å²) in [5.74, 6) is 0. The van der Waals surface area contributed by atoms with Crippen LogP contribution in [0.15, 0.2) is 24.3 Å². The highest BCUT2D eigenvalue weighted by Crippen LogP contribution is 2.15. The molecule has 0 bridgehead atoms. The van der Waals surface area contributed by atoms with Crippen LogP contribution in [0.25, 0.3) is 0 Å². The summed E-state index contributed by atoms with van der Waals surface area (Å²) in [5, 5.41) is 21.0. The summed E-state index contributed by atoms with van der Waals surface area (Å²) >= 11 is 0. The molecule has 0 amide bonds. The number of nitrogens with zero attached hydrogens (tertiary/aromatic N) is 1. The maximum absolute atomic E-state index is 8.96. The Bertz CT molecular complexity index is 299. The molecule has 4 heteroatoms. The van der Waals surface area contributed by atoms with E-state index in [4.69, 9.17) is 10.2 Å². The van der Waals surface area contributed by atoms with Crippen molar-refractivity contribution in [3.8, 4) is 0 Å². The first-order valence-corrected chi connectivity index (χ1v) is 5.52. The van der Waals surface area contributed by atoms with Gasteiger partial charge in [-0.05, 0) is 24.7 Å². The molecule has 0 radical (unpaired) electrons. The van der Waals surface area contributed by atoms with Crippen molar-refractivity contribution >= 4 is 5.69 Å². The summed E-state index contributed by atoms with van der Waals surface area (Å²) in [7, 11) is 1.91. The summed E-state index contributed by atoms with van der Waals surface area (Å²) in [5.41, 5.74) is 2.23. The van der Waals surface area contributed by atoms with Gasteiger partial charge in [0.2, 0.25) is 0 Å². The van der Waals surface area contributed by atoms with Crippen LogP contribution in [0.4, 0.5) is 5.69 Å². The Morgan fingerprint density at radius 2 is 1.88 bits per heavy atom. The average molecular weight is 224 g/mol. The van der Waals surface area contributed by atoms with Crippen LogP contribution >= 0.6 is 0 Å². The van der Waals surface area contributed by atoms with Gasteiger partial charge in [0.05, 0.1) is 13.2 Å². The SMILES string of the molecule is CNCc1cccc(N(CCO)CCO)c1. The molecular weight excluding hydrogens is 204 g/mol. The van der Waals surface area contributed by atoms with Gasteiger partial charge < -0.3 is 20.4 Å². The van der Waals surface area contributed by atoms with Gasteiger partial charge >= 0.3 is 0 Å². The van der Waals surface area contributed by atoms with E-state index in [1.807, 2.05) is 24.1 Å². The van der Waals surface area contributed by atoms with Crippen LogP contribution in [-0.2, 0) is 6.54 Å². The Labute approximate surface area is 96.5 Å². The van der Waals surface area contributed by atoms with E-state index in [1.165, 1.54) is 5.56 Å². The van der Waals surface area contributed by atoms with Crippen LogP contribution < -0.4 is 10.2 Å². The maximum Gasteiger partial charge on any atom is 0.0606 e. The Morgan fingerprint density at radius 3 is 2.44 bits per heavy atom. The molecule has 0 fully saturated rings. The predicted octanol–water partition coefficient (Wildman–Crippen LogP) is 0.197. The highest BCUT2D eigenvalue weighted by atomic mass is 16.3. The Kier molecular flexibility index (Phi) is 5.85. The van der Waals surface area contributed by atoms with Crippen molar-refractivity contribution in [2.75, 3.05) is 38.3 Å². The molecular formula is C12H20N2O2. The molecule has 16 heavy (non-hydrogen) atoms. The van der Waals surface area contributed by atoms with Gasteiger partial charge in [0.25, 0.3) is 0 Å². The van der Waals surface area contributed by atoms with Gasteiger partial charge in [0.15, 0.2) is 0 Å². The van der Waals surface area contributed by atoms with Crippen molar-refractivity contribution in [3.05, 3.63) is 29.8 Å². The quantitative estimate of drug-likeness (QED) is 0.619. The van der Waals surface area contributed by atoms with E-state index in [9.17, 15) is 0 Å². The van der Waals surface area contributed by atoms with Crippen molar-refractivity contribution in [3.63, 3.8) is 0 Å². The molecule has 0 atom stereocenters. The van der Waals surface area contributed by atoms with Gasteiger partial charge in [-0.25, -0.2) is 0 Å². The summed E-state index contributed by atoms with van der Waals surface area (Å²) in [6.45, 7) is 2.10. The monoisotopic (exact) mass is 224 g/mol. The summed E-state index contributed by atoms with van der Waals surface area (Å²) in [6, 6.07) is 8.10. The minimum atomic E-state index is 0.0935. The molecule has 3 N–H and O–H groups in total. The largest absolute Gasteiger partial charge is 0.395 e. The molecule has 1 aromatic rings. The van der Waals surface area contributed by atoms with Crippen LogP contribution in [0.3, 0.4) is 0 Å². The number of aliphatic hydroxyl groups is 2. The lowest BCUT2D eigenvalue weighted by Crippen LogP contribution is -2.29. The molecule has 0 aliphatic rings. The predicted molar refractivity (Wildman–Crippen MR) is 65.6 cm³/mol. The molecule has 0 heterocycles. The third kappa shape index (κ3) is 3.81. The molecule has 4 nitrogen and oxygen atoms in total. The van der Waals surface area contributed by atoms with Gasteiger partial charge in [-0.3, -0.25) is 0 Å². The minimum absolute atomic E-state index is 0.0935. The van der Waals surface area contributed by atoms with Crippen molar-refractivity contribution in [1.29, 1.82) is 0 Å². The Morgan fingerprint density at radius 1 is 1.19 bits per heavy atom. The topological polar surface area (TPSA) is 55.7 Å². The normalized spacial score (nSPS) is 10.4. The van der Waals surface area contributed by atoms with Crippen LogP contribution in [0, 0.1) is 0 Å². The highest BCUT2D eigenvalue weighted by Gasteiger charge is 2.05. The van der Waals surface area contributed by atoms with E-state index in [1.54, 1.807) is 0 Å². The van der Waals surface area contributed by atoms with E-state index in [2.05, 4.69) is 17.4 Å². The van der Waals surface area contributed by atoms with Crippen LogP contribution in [0.1, 0.15) is 5.56 Å².